The molecule has 3 heteroatoms. The predicted octanol–water partition coefficient (Wildman–Crippen LogP) is 1.77. The van der Waals surface area contributed by atoms with Gasteiger partial charge in [-0.05, 0) is 49.4 Å². The molecule has 16 heavy (non-hydrogen) atoms. The van der Waals surface area contributed by atoms with Crippen LogP contribution in [0.3, 0.4) is 0 Å². The van der Waals surface area contributed by atoms with E-state index in [1.807, 2.05) is 0 Å². The Morgan fingerprint density at radius 2 is 1.88 bits per heavy atom. The third kappa shape index (κ3) is 1.10. The first-order valence-electron chi connectivity index (χ1n) is 6.60. The Bertz CT molecular complexity index is 336. The van der Waals surface area contributed by atoms with Crippen LogP contribution in [0, 0.1) is 35.5 Å². The molecular formula is C13H18O3. The van der Waals surface area contributed by atoms with Crippen molar-refractivity contribution in [3.8, 4) is 0 Å². The molecule has 4 fully saturated rings. The standard InChI is InChI=1S/C13H18O3/c14-13(15)12-9(10-5-16-10)4-8-6-1-2-7(3-6)11(8)12/h6-12H,1-5H2,(H,14,15). The van der Waals surface area contributed by atoms with E-state index in [9.17, 15) is 9.90 Å². The van der Waals surface area contributed by atoms with Crippen LogP contribution in [0.2, 0.25) is 0 Å². The van der Waals surface area contributed by atoms with Crippen molar-refractivity contribution in [2.24, 2.45) is 35.5 Å². The first-order valence-corrected chi connectivity index (χ1v) is 6.60. The lowest BCUT2D eigenvalue weighted by molar-refractivity contribution is -0.145. The third-order valence-electron chi connectivity index (χ3n) is 5.70. The number of rotatable bonds is 2. The van der Waals surface area contributed by atoms with E-state index in [0.29, 0.717) is 17.8 Å². The molecule has 3 nitrogen and oxygen atoms in total. The summed E-state index contributed by atoms with van der Waals surface area (Å²) in [5.74, 6) is 2.46. The minimum Gasteiger partial charge on any atom is -0.481 e. The van der Waals surface area contributed by atoms with E-state index in [0.717, 1.165) is 24.9 Å². The van der Waals surface area contributed by atoms with Crippen LogP contribution >= 0.6 is 0 Å². The van der Waals surface area contributed by atoms with Crippen LogP contribution < -0.4 is 0 Å². The molecule has 4 rings (SSSR count). The van der Waals surface area contributed by atoms with Gasteiger partial charge in [0.25, 0.3) is 0 Å². The average molecular weight is 222 g/mol. The first-order chi connectivity index (χ1) is 7.75. The number of hydrogen-bond acceptors (Lipinski definition) is 2. The highest BCUT2D eigenvalue weighted by Crippen LogP contribution is 2.63. The minimum absolute atomic E-state index is 0.0900. The lowest BCUT2D eigenvalue weighted by Gasteiger charge is -2.27. The average Bonchev–Trinajstić information content (AvgIpc) is 2.76. The third-order valence-corrected chi connectivity index (χ3v) is 5.70. The van der Waals surface area contributed by atoms with Gasteiger partial charge >= 0.3 is 5.97 Å². The Balaban J connectivity index is 1.67. The molecule has 0 aromatic carbocycles. The van der Waals surface area contributed by atoms with Crippen LogP contribution in [0.15, 0.2) is 0 Å². The Hall–Kier alpha value is -0.570. The van der Waals surface area contributed by atoms with Gasteiger partial charge in [0, 0.05) is 5.92 Å². The van der Waals surface area contributed by atoms with Gasteiger partial charge in [-0.25, -0.2) is 0 Å². The maximum absolute atomic E-state index is 11.5. The Morgan fingerprint density at radius 3 is 2.56 bits per heavy atom. The van der Waals surface area contributed by atoms with Crippen LogP contribution in [0.5, 0.6) is 0 Å². The van der Waals surface area contributed by atoms with E-state index in [2.05, 4.69) is 0 Å². The lowest BCUT2D eigenvalue weighted by Crippen LogP contribution is -2.31. The molecule has 1 aliphatic heterocycles. The Kier molecular flexibility index (Phi) is 1.78. The smallest absolute Gasteiger partial charge is 0.307 e. The zero-order chi connectivity index (χ0) is 10.9. The van der Waals surface area contributed by atoms with Gasteiger partial charge in [0.1, 0.15) is 0 Å². The molecule has 1 saturated heterocycles. The lowest BCUT2D eigenvalue weighted by atomic mass is 9.77. The summed E-state index contributed by atoms with van der Waals surface area (Å²) < 4.78 is 5.37. The van der Waals surface area contributed by atoms with Crippen molar-refractivity contribution < 1.29 is 14.6 Å². The van der Waals surface area contributed by atoms with E-state index >= 15 is 0 Å². The number of carbonyl (C=O) groups is 1. The summed E-state index contributed by atoms with van der Waals surface area (Å²) in [6, 6.07) is 0. The minimum atomic E-state index is -0.555. The number of fused-ring (bicyclic) bond motifs is 5. The first kappa shape index (κ1) is 9.46. The van der Waals surface area contributed by atoms with E-state index in [-0.39, 0.29) is 12.0 Å². The normalized spacial score (nSPS) is 57.6. The van der Waals surface area contributed by atoms with Crippen molar-refractivity contribution in [1.82, 2.24) is 0 Å². The molecule has 0 amide bonds. The zero-order valence-electron chi connectivity index (χ0n) is 9.34. The van der Waals surface area contributed by atoms with Crippen LogP contribution in [-0.4, -0.2) is 23.8 Å². The van der Waals surface area contributed by atoms with Crippen molar-refractivity contribution >= 4 is 5.97 Å². The van der Waals surface area contributed by atoms with Gasteiger partial charge in [0.05, 0.1) is 18.6 Å². The maximum Gasteiger partial charge on any atom is 0.307 e. The largest absolute Gasteiger partial charge is 0.481 e. The monoisotopic (exact) mass is 222 g/mol. The summed E-state index contributed by atoms with van der Waals surface area (Å²) in [6.07, 6.45) is 5.38. The summed E-state index contributed by atoms with van der Waals surface area (Å²) in [7, 11) is 0. The predicted molar refractivity (Wildman–Crippen MR) is 56.8 cm³/mol. The molecule has 0 aromatic heterocycles. The fraction of sp³-hybridized carbons (Fsp3) is 0.923. The quantitative estimate of drug-likeness (QED) is 0.724. The van der Waals surface area contributed by atoms with Crippen molar-refractivity contribution in [1.29, 1.82) is 0 Å². The number of carboxylic acids is 1. The van der Waals surface area contributed by atoms with Gasteiger partial charge < -0.3 is 9.84 Å². The van der Waals surface area contributed by atoms with Crippen LogP contribution in [-0.2, 0) is 9.53 Å². The number of aliphatic carboxylic acids is 1. The van der Waals surface area contributed by atoms with E-state index in [1.54, 1.807) is 0 Å². The SMILES string of the molecule is O=C(O)C1C(C2CO2)CC2C3CCC(C3)C21. The molecular weight excluding hydrogens is 204 g/mol. The summed E-state index contributed by atoms with van der Waals surface area (Å²) in [4.78, 5) is 11.5. The summed E-state index contributed by atoms with van der Waals surface area (Å²) in [6.45, 7) is 0.809. The maximum atomic E-state index is 11.5. The van der Waals surface area contributed by atoms with Gasteiger partial charge in [-0.1, -0.05) is 0 Å². The molecule has 3 aliphatic carbocycles. The van der Waals surface area contributed by atoms with E-state index < -0.39 is 5.97 Å². The second kappa shape index (κ2) is 3.00. The highest BCUT2D eigenvalue weighted by molar-refractivity contribution is 5.71. The molecule has 1 heterocycles. The molecule has 7 unspecified atom stereocenters. The second-order valence-corrected chi connectivity index (χ2v) is 6.21. The summed E-state index contributed by atoms with van der Waals surface area (Å²) >= 11 is 0. The fourth-order valence-corrected chi connectivity index (χ4v) is 5.14. The van der Waals surface area contributed by atoms with Gasteiger partial charge in [0.15, 0.2) is 0 Å². The Labute approximate surface area is 95.2 Å². The molecule has 3 saturated carbocycles. The van der Waals surface area contributed by atoms with Crippen molar-refractivity contribution in [2.45, 2.75) is 31.8 Å². The highest BCUT2D eigenvalue weighted by Gasteiger charge is 2.61. The molecule has 7 atom stereocenters. The highest BCUT2D eigenvalue weighted by atomic mass is 16.6. The fourth-order valence-electron chi connectivity index (χ4n) is 5.14. The number of carboxylic acid groups (broad SMARTS) is 1. The Morgan fingerprint density at radius 1 is 1.12 bits per heavy atom. The molecule has 0 radical (unpaired) electrons. The van der Waals surface area contributed by atoms with Gasteiger partial charge in [-0.3, -0.25) is 4.79 Å². The van der Waals surface area contributed by atoms with E-state index in [1.165, 1.54) is 19.3 Å². The topological polar surface area (TPSA) is 49.8 Å². The summed E-state index contributed by atoms with van der Waals surface area (Å²) in [5, 5.41) is 9.48. The number of ether oxygens (including phenoxy) is 1. The molecule has 0 aromatic rings. The molecule has 2 bridgehead atoms. The molecule has 1 N–H and O–H groups in total. The van der Waals surface area contributed by atoms with E-state index in [4.69, 9.17) is 4.74 Å². The van der Waals surface area contributed by atoms with Crippen molar-refractivity contribution in [2.75, 3.05) is 6.61 Å². The zero-order valence-corrected chi connectivity index (χ0v) is 9.34. The number of epoxide rings is 1. The van der Waals surface area contributed by atoms with Crippen LogP contribution in [0.1, 0.15) is 25.7 Å². The molecule has 0 spiro atoms. The van der Waals surface area contributed by atoms with Crippen LogP contribution in [0.4, 0.5) is 0 Å². The van der Waals surface area contributed by atoms with Gasteiger partial charge in [0.2, 0.25) is 0 Å². The van der Waals surface area contributed by atoms with Crippen molar-refractivity contribution in [3.05, 3.63) is 0 Å². The molecule has 88 valence electrons. The number of hydrogen-bond donors (Lipinski definition) is 1. The summed E-state index contributed by atoms with van der Waals surface area (Å²) in [5.41, 5.74) is 0. The van der Waals surface area contributed by atoms with Crippen LogP contribution in [0.25, 0.3) is 0 Å². The van der Waals surface area contributed by atoms with Gasteiger partial charge in [-0.15, -0.1) is 0 Å². The van der Waals surface area contributed by atoms with Gasteiger partial charge in [-0.2, -0.15) is 0 Å². The molecule has 4 aliphatic rings. The second-order valence-electron chi connectivity index (χ2n) is 6.21. The van der Waals surface area contributed by atoms with Crippen molar-refractivity contribution in [3.63, 3.8) is 0 Å².